The molecule has 4 rings (SSSR count). The lowest BCUT2D eigenvalue weighted by Gasteiger charge is -2.23. The number of phenolic OH excluding ortho intramolecular Hbond substituents is 2. The number of hydrogen-bond donors (Lipinski definition) is 2. The molecule has 0 saturated carbocycles. The summed E-state index contributed by atoms with van der Waals surface area (Å²) in [6.45, 7) is 0. The summed E-state index contributed by atoms with van der Waals surface area (Å²) >= 11 is 0. The first-order valence-electron chi connectivity index (χ1n) is 10.3. The van der Waals surface area contributed by atoms with Crippen molar-refractivity contribution in [1.82, 2.24) is 0 Å². The van der Waals surface area contributed by atoms with Gasteiger partial charge in [0.05, 0.1) is 5.56 Å². The number of aromatic hydroxyl groups is 2. The quantitative estimate of drug-likeness (QED) is 0.326. The number of halogens is 6. The minimum absolute atomic E-state index is 0.0494. The molecular formula is C25H16F6O4. The van der Waals surface area contributed by atoms with Crippen molar-refractivity contribution in [2.24, 2.45) is 0 Å². The predicted molar refractivity (Wildman–Crippen MR) is 112 cm³/mol. The normalized spacial score (nSPS) is 15.6. The summed E-state index contributed by atoms with van der Waals surface area (Å²) in [4.78, 5) is 12.4. The Bertz CT molecular complexity index is 1370. The largest absolute Gasteiger partial charge is 0.505 e. The molecule has 0 radical (unpaired) electrons. The molecule has 1 atom stereocenters. The lowest BCUT2D eigenvalue weighted by atomic mass is 9.91. The van der Waals surface area contributed by atoms with Crippen molar-refractivity contribution in [3.05, 3.63) is 88.5 Å². The Kier molecular flexibility index (Phi) is 6.47. The summed E-state index contributed by atoms with van der Waals surface area (Å²) in [5, 5.41) is 18.4. The number of carbonyl (C=O) groups is 1. The van der Waals surface area contributed by atoms with E-state index in [1.165, 1.54) is 12.1 Å². The fraction of sp³-hybridized carbons (Fsp3) is 0.160. The molecule has 182 valence electrons. The van der Waals surface area contributed by atoms with Gasteiger partial charge in [0.25, 0.3) is 0 Å². The van der Waals surface area contributed by atoms with E-state index >= 15 is 0 Å². The van der Waals surface area contributed by atoms with Crippen LogP contribution < -0.4 is 0 Å². The molecule has 4 nitrogen and oxygen atoms in total. The highest BCUT2D eigenvalue weighted by Gasteiger charge is 2.27. The number of hydrogen-bond acceptors (Lipinski definition) is 4. The first kappa shape index (κ1) is 24.2. The van der Waals surface area contributed by atoms with E-state index in [2.05, 4.69) is 0 Å². The monoisotopic (exact) mass is 494 g/mol. The van der Waals surface area contributed by atoms with Crippen LogP contribution in [0.1, 0.15) is 35.2 Å². The van der Waals surface area contributed by atoms with Crippen molar-refractivity contribution in [2.45, 2.75) is 25.4 Å². The van der Waals surface area contributed by atoms with Gasteiger partial charge in [-0.05, 0) is 48.7 Å². The van der Waals surface area contributed by atoms with Crippen LogP contribution >= 0.6 is 0 Å². The van der Waals surface area contributed by atoms with Gasteiger partial charge in [-0.1, -0.05) is 12.1 Å². The van der Waals surface area contributed by atoms with E-state index in [4.69, 9.17) is 4.74 Å². The van der Waals surface area contributed by atoms with Gasteiger partial charge >= 0.3 is 5.97 Å². The average Bonchev–Trinajstić information content (AvgIpc) is 2.84. The Hall–Kier alpha value is -3.95. The van der Waals surface area contributed by atoms with Crippen molar-refractivity contribution in [1.29, 1.82) is 0 Å². The summed E-state index contributed by atoms with van der Waals surface area (Å²) in [5.41, 5.74) is -1.71. The number of ether oxygens (including phenoxy) is 1. The zero-order valence-corrected chi connectivity index (χ0v) is 17.7. The lowest BCUT2D eigenvalue weighted by Crippen LogP contribution is -2.21. The van der Waals surface area contributed by atoms with E-state index in [1.54, 1.807) is 0 Å². The number of phenols is 2. The van der Waals surface area contributed by atoms with Crippen LogP contribution in [0.3, 0.4) is 0 Å². The molecule has 0 heterocycles. The van der Waals surface area contributed by atoms with Crippen LogP contribution in [0.2, 0.25) is 0 Å². The molecule has 0 aromatic heterocycles. The Morgan fingerprint density at radius 2 is 1.23 bits per heavy atom. The smallest absolute Gasteiger partial charge is 0.341 e. The predicted octanol–water partition coefficient (Wildman–Crippen LogP) is 6.39. The highest BCUT2D eigenvalue weighted by molar-refractivity contribution is 5.90. The maximum Gasteiger partial charge on any atom is 0.341 e. The van der Waals surface area contributed by atoms with Crippen molar-refractivity contribution in [2.75, 3.05) is 0 Å². The topological polar surface area (TPSA) is 66.8 Å². The fourth-order valence-electron chi connectivity index (χ4n) is 3.83. The molecule has 3 aromatic rings. The first-order chi connectivity index (χ1) is 16.6. The maximum atomic E-state index is 14.6. The maximum absolute atomic E-state index is 14.6. The Balaban J connectivity index is 1.51. The van der Waals surface area contributed by atoms with E-state index in [0.29, 0.717) is 5.57 Å². The Morgan fingerprint density at radius 3 is 1.80 bits per heavy atom. The summed E-state index contributed by atoms with van der Waals surface area (Å²) in [5.74, 6) is -12.1. The van der Waals surface area contributed by atoms with E-state index in [0.717, 1.165) is 30.3 Å². The fourth-order valence-corrected chi connectivity index (χ4v) is 3.83. The van der Waals surface area contributed by atoms with Crippen LogP contribution in [0.5, 0.6) is 11.5 Å². The van der Waals surface area contributed by atoms with Gasteiger partial charge in [0, 0.05) is 23.1 Å². The molecular weight excluding hydrogens is 478 g/mol. The zero-order valence-electron chi connectivity index (χ0n) is 17.7. The summed E-state index contributed by atoms with van der Waals surface area (Å²) in [7, 11) is 0. The molecule has 0 aliphatic heterocycles. The standard InChI is InChI=1S/C25H16F6O4/c26-19-13(7-9-17(32)23(19)30)11-1-3-12(4-2-11)35-25(34)16-6-5-14(20(27)22(16)29)15-8-10-18(33)24(31)21(15)28/h1,5-10,12,32-33H,2-4H2. The highest BCUT2D eigenvalue weighted by Crippen LogP contribution is 2.35. The third kappa shape index (κ3) is 4.43. The van der Waals surface area contributed by atoms with Crippen molar-refractivity contribution >= 4 is 11.5 Å². The van der Waals surface area contributed by atoms with Crippen molar-refractivity contribution in [3.63, 3.8) is 0 Å². The van der Waals surface area contributed by atoms with Gasteiger partial charge < -0.3 is 14.9 Å². The number of allylic oxidation sites excluding steroid dienone is 1. The van der Waals surface area contributed by atoms with E-state index < -0.39 is 75.2 Å². The van der Waals surface area contributed by atoms with Crippen LogP contribution in [0, 0.1) is 34.9 Å². The molecule has 0 saturated heterocycles. The molecule has 1 aliphatic carbocycles. The molecule has 0 spiro atoms. The molecule has 1 unspecified atom stereocenters. The molecule has 3 aromatic carbocycles. The number of benzene rings is 3. The molecule has 0 fully saturated rings. The number of rotatable bonds is 4. The summed E-state index contributed by atoms with van der Waals surface area (Å²) in [6, 6.07) is 5.60. The van der Waals surface area contributed by atoms with Gasteiger partial charge in [0.1, 0.15) is 6.10 Å². The molecule has 0 bridgehead atoms. The van der Waals surface area contributed by atoms with Gasteiger partial charge in [-0.3, -0.25) is 0 Å². The van der Waals surface area contributed by atoms with Crippen molar-refractivity contribution in [3.8, 4) is 22.6 Å². The zero-order chi connectivity index (χ0) is 25.4. The number of esters is 1. The molecule has 0 amide bonds. The van der Waals surface area contributed by atoms with E-state index in [1.807, 2.05) is 0 Å². The van der Waals surface area contributed by atoms with E-state index in [9.17, 15) is 41.4 Å². The van der Waals surface area contributed by atoms with E-state index in [-0.39, 0.29) is 24.8 Å². The van der Waals surface area contributed by atoms with Gasteiger partial charge in [0.2, 0.25) is 11.6 Å². The van der Waals surface area contributed by atoms with Gasteiger partial charge in [-0.25, -0.2) is 22.4 Å². The second-order valence-electron chi connectivity index (χ2n) is 7.84. The minimum Gasteiger partial charge on any atom is -0.505 e. The van der Waals surface area contributed by atoms with Crippen LogP contribution in [-0.4, -0.2) is 22.3 Å². The van der Waals surface area contributed by atoms with Gasteiger partial charge in [-0.2, -0.15) is 8.78 Å². The van der Waals surface area contributed by atoms with Crippen LogP contribution in [0.15, 0.2) is 42.5 Å². The van der Waals surface area contributed by atoms with Crippen molar-refractivity contribution < 1.29 is 46.1 Å². The Morgan fingerprint density at radius 1 is 0.714 bits per heavy atom. The average molecular weight is 494 g/mol. The first-order valence-corrected chi connectivity index (χ1v) is 10.3. The van der Waals surface area contributed by atoms with Gasteiger partial charge in [0.15, 0.2) is 34.8 Å². The van der Waals surface area contributed by atoms with Crippen LogP contribution in [0.25, 0.3) is 16.7 Å². The second-order valence-corrected chi connectivity index (χ2v) is 7.84. The number of carbonyl (C=O) groups excluding carboxylic acids is 1. The summed E-state index contributed by atoms with van der Waals surface area (Å²) < 4.78 is 89.8. The SMILES string of the molecule is O=C(OC1CC=C(c2ccc(O)c(F)c2F)CC1)c1ccc(-c2ccc(O)c(F)c2F)c(F)c1F. The lowest BCUT2D eigenvalue weighted by molar-refractivity contribution is 0.0279. The molecule has 2 N–H and O–H groups in total. The third-order valence-corrected chi connectivity index (χ3v) is 5.70. The molecule has 35 heavy (non-hydrogen) atoms. The molecule has 1 aliphatic rings. The third-order valence-electron chi connectivity index (χ3n) is 5.70. The molecule has 10 heteroatoms. The van der Waals surface area contributed by atoms with Crippen LogP contribution in [-0.2, 0) is 4.74 Å². The minimum atomic E-state index is -1.63. The summed E-state index contributed by atoms with van der Waals surface area (Å²) in [6.07, 6.45) is 1.20. The van der Waals surface area contributed by atoms with Crippen LogP contribution in [0.4, 0.5) is 26.3 Å². The highest BCUT2D eigenvalue weighted by atomic mass is 19.2. The van der Waals surface area contributed by atoms with Gasteiger partial charge in [-0.15, -0.1) is 0 Å². The Labute approximate surface area is 194 Å². The second kappa shape index (κ2) is 9.36.